The number of hydrogen-bond donors (Lipinski definition) is 2. The molecule has 1 aromatic carbocycles. The predicted molar refractivity (Wildman–Crippen MR) is 77.3 cm³/mol. The molecule has 0 fully saturated rings. The van der Waals surface area contributed by atoms with Crippen molar-refractivity contribution >= 4 is 5.91 Å². The lowest BCUT2D eigenvalue weighted by molar-refractivity contribution is -0.121. The zero-order valence-corrected chi connectivity index (χ0v) is 12.2. The van der Waals surface area contributed by atoms with Crippen molar-refractivity contribution in [1.29, 1.82) is 0 Å². The van der Waals surface area contributed by atoms with Crippen LogP contribution >= 0.6 is 0 Å². The highest BCUT2D eigenvalue weighted by Gasteiger charge is 2.10. The van der Waals surface area contributed by atoms with Gasteiger partial charge in [0.1, 0.15) is 5.75 Å². The van der Waals surface area contributed by atoms with Crippen molar-refractivity contribution in [2.45, 2.75) is 39.3 Å². The van der Waals surface area contributed by atoms with E-state index in [-0.39, 0.29) is 11.9 Å². The van der Waals surface area contributed by atoms with Gasteiger partial charge in [-0.15, -0.1) is 0 Å². The van der Waals surface area contributed by atoms with Crippen LogP contribution in [0.1, 0.15) is 38.8 Å². The van der Waals surface area contributed by atoms with Crippen LogP contribution in [0.5, 0.6) is 5.75 Å². The molecule has 0 saturated carbocycles. The average Bonchev–Trinajstić information content (AvgIpc) is 2.44. The van der Waals surface area contributed by atoms with Gasteiger partial charge in [0.25, 0.3) is 0 Å². The summed E-state index contributed by atoms with van der Waals surface area (Å²) in [6.07, 6.45) is 1.02. The first-order valence-electron chi connectivity index (χ1n) is 6.73. The van der Waals surface area contributed by atoms with E-state index >= 15 is 0 Å². The molecule has 0 heterocycles. The number of amides is 1. The molecule has 1 unspecified atom stereocenters. The third kappa shape index (κ3) is 5.30. The average molecular weight is 264 g/mol. The number of carbonyl (C=O) groups is 1. The molecule has 0 aliphatic carbocycles. The normalized spacial score (nSPS) is 13.7. The topological polar surface area (TPSA) is 50.4 Å². The Hall–Kier alpha value is -1.55. The van der Waals surface area contributed by atoms with Crippen molar-refractivity contribution in [2.24, 2.45) is 0 Å². The Balaban J connectivity index is 2.44. The Bertz CT molecular complexity index is 390. The Morgan fingerprint density at radius 1 is 1.26 bits per heavy atom. The molecule has 4 nitrogen and oxygen atoms in total. The fraction of sp³-hybridized carbons (Fsp3) is 0.533. The molecule has 1 rings (SSSR count). The standard InChI is InChI=1S/C15H24N2O2/c1-5-11(2)16-10-15(18)17-12(3)13-6-8-14(19-4)9-7-13/h6-9,11-12,16H,5,10H2,1-4H3,(H,17,18)/t11?,12-/m1/s1. The summed E-state index contributed by atoms with van der Waals surface area (Å²) < 4.78 is 5.11. The Kier molecular flexibility index (Phi) is 6.36. The second-order valence-corrected chi connectivity index (χ2v) is 4.75. The highest BCUT2D eigenvalue weighted by molar-refractivity contribution is 5.78. The molecule has 19 heavy (non-hydrogen) atoms. The van der Waals surface area contributed by atoms with Crippen molar-refractivity contribution in [3.63, 3.8) is 0 Å². The summed E-state index contributed by atoms with van der Waals surface area (Å²) in [5.74, 6) is 0.837. The van der Waals surface area contributed by atoms with E-state index in [1.54, 1.807) is 7.11 Å². The van der Waals surface area contributed by atoms with Crippen LogP contribution in [0.2, 0.25) is 0 Å². The van der Waals surface area contributed by atoms with Crippen LogP contribution in [0, 0.1) is 0 Å². The third-order valence-electron chi connectivity index (χ3n) is 3.22. The zero-order valence-electron chi connectivity index (χ0n) is 12.2. The molecule has 1 aromatic rings. The molecular weight excluding hydrogens is 240 g/mol. The number of rotatable bonds is 7. The molecule has 0 saturated heterocycles. The van der Waals surface area contributed by atoms with E-state index in [0.717, 1.165) is 17.7 Å². The first kappa shape index (κ1) is 15.5. The monoisotopic (exact) mass is 264 g/mol. The zero-order chi connectivity index (χ0) is 14.3. The van der Waals surface area contributed by atoms with E-state index < -0.39 is 0 Å². The molecule has 0 spiro atoms. The molecule has 2 N–H and O–H groups in total. The first-order chi connectivity index (χ1) is 9.06. The lowest BCUT2D eigenvalue weighted by Gasteiger charge is -2.16. The summed E-state index contributed by atoms with van der Waals surface area (Å²) in [5, 5.41) is 6.15. The van der Waals surface area contributed by atoms with Crippen molar-refractivity contribution < 1.29 is 9.53 Å². The maximum atomic E-state index is 11.8. The van der Waals surface area contributed by atoms with Gasteiger partial charge in [0.15, 0.2) is 0 Å². The fourth-order valence-corrected chi connectivity index (χ4v) is 1.68. The largest absolute Gasteiger partial charge is 0.497 e. The molecule has 1 amide bonds. The maximum Gasteiger partial charge on any atom is 0.234 e. The van der Waals surface area contributed by atoms with Crippen LogP contribution in [0.15, 0.2) is 24.3 Å². The van der Waals surface area contributed by atoms with E-state index in [1.807, 2.05) is 31.2 Å². The minimum Gasteiger partial charge on any atom is -0.497 e. The smallest absolute Gasteiger partial charge is 0.234 e. The van der Waals surface area contributed by atoms with Crippen molar-refractivity contribution in [1.82, 2.24) is 10.6 Å². The van der Waals surface area contributed by atoms with E-state index in [4.69, 9.17) is 4.74 Å². The summed E-state index contributed by atoms with van der Waals surface area (Å²) in [5.41, 5.74) is 1.07. The molecule has 0 aromatic heterocycles. The van der Waals surface area contributed by atoms with Crippen LogP contribution < -0.4 is 15.4 Å². The number of methoxy groups -OCH3 is 1. The lowest BCUT2D eigenvalue weighted by Crippen LogP contribution is -2.38. The quantitative estimate of drug-likeness (QED) is 0.794. The van der Waals surface area contributed by atoms with Crippen LogP contribution in [0.3, 0.4) is 0 Å². The summed E-state index contributed by atoms with van der Waals surface area (Å²) in [7, 11) is 1.64. The van der Waals surface area contributed by atoms with Gasteiger partial charge in [-0.2, -0.15) is 0 Å². The van der Waals surface area contributed by atoms with Crippen molar-refractivity contribution in [2.75, 3.05) is 13.7 Å². The number of nitrogens with one attached hydrogen (secondary N) is 2. The molecule has 0 radical (unpaired) electrons. The van der Waals surface area contributed by atoms with Crippen LogP contribution in [0.25, 0.3) is 0 Å². The van der Waals surface area contributed by atoms with E-state index in [9.17, 15) is 4.79 Å². The summed E-state index contributed by atoms with van der Waals surface area (Å²) in [6.45, 7) is 6.49. The second kappa shape index (κ2) is 7.79. The highest BCUT2D eigenvalue weighted by atomic mass is 16.5. The molecule has 0 bridgehead atoms. The van der Waals surface area contributed by atoms with Gasteiger partial charge in [0.05, 0.1) is 19.7 Å². The molecule has 0 aliphatic heterocycles. The number of ether oxygens (including phenoxy) is 1. The van der Waals surface area contributed by atoms with Gasteiger partial charge in [-0.3, -0.25) is 4.79 Å². The van der Waals surface area contributed by atoms with E-state index in [1.165, 1.54) is 0 Å². The molecule has 0 aliphatic rings. The summed E-state index contributed by atoms with van der Waals surface area (Å²) in [6, 6.07) is 8.09. The third-order valence-corrected chi connectivity index (χ3v) is 3.22. The van der Waals surface area contributed by atoms with Gasteiger partial charge in [0.2, 0.25) is 5.91 Å². The predicted octanol–water partition coefficient (Wildman–Crippen LogP) is 2.26. The Morgan fingerprint density at radius 3 is 2.42 bits per heavy atom. The van der Waals surface area contributed by atoms with Crippen LogP contribution in [-0.2, 0) is 4.79 Å². The van der Waals surface area contributed by atoms with Gasteiger partial charge in [-0.05, 0) is 38.0 Å². The van der Waals surface area contributed by atoms with E-state index in [0.29, 0.717) is 12.6 Å². The second-order valence-electron chi connectivity index (χ2n) is 4.75. The summed E-state index contributed by atoms with van der Waals surface area (Å²) in [4.78, 5) is 11.8. The molecule has 106 valence electrons. The Labute approximate surface area is 115 Å². The highest BCUT2D eigenvalue weighted by Crippen LogP contribution is 2.16. The minimum absolute atomic E-state index is 0.00265. The van der Waals surface area contributed by atoms with Gasteiger partial charge < -0.3 is 15.4 Å². The first-order valence-corrected chi connectivity index (χ1v) is 6.73. The maximum absolute atomic E-state index is 11.8. The Morgan fingerprint density at radius 2 is 1.89 bits per heavy atom. The van der Waals surface area contributed by atoms with Crippen LogP contribution in [-0.4, -0.2) is 25.6 Å². The van der Waals surface area contributed by atoms with Gasteiger partial charge >= 0.3 is 0 Å². The lowest BCUT2D eigenvalue weighted by atomic mass is 10.1. The van der Waals surface area contributed by atoms with Crippen LogP contribution in [0.4, 0.5) is 0 Å². The van der Waals surface area contributed by atoms with Gasteiger partial charge in [-0.1, -0.05) is 19.1 Å². The fourth-order valence-electron chi connectivity index (χ4n) is 1.68. The number of benzene rings is 1. The molecule has 4 heteroatoms. The summed E-state index contributed by atoms with van der Waals surface area (Å²) >= 11 is 0. The molecule has 2 atom stereocenters. The number of hydrogen-bond acceptors (Lipinski definition) is 3. The van der Waals surface area contributed by atoms with Gasteiger partial charge in [0, 0.05) is 6.04 Å². The van der Waals surface area contributed by atoms with Gasteiger partial charge in [-0.25, -0.2) is 0 Å². The van der Waals surface area contributed by atoms with Crippen molar-refractivity contribution in [3.8, 4) is 5.75 Å². The van der Waals surface area contributed by atoms with E-state index in [2.05, 4.69) is 24.5 Å². The number of carbonyl (C=O) groups excluding carboxylic acids is 1. The SMILES string of the molecule is CCC(C)NCC(=O)N[C@H](C)c1ccc(OC)cc1. The molecular formula is C15H24N2O2. The minimum atomic E-state index is -0.00265. The van der Waals surface area contributed by atoms with Crippen molar-refractivity contribution in [3.05, 3.63) is 29.8 Å².